The summed E-state index contributed by atoms with van der Waals surface area (Å²) in [5.74, 6) is 3.83. The van der Waals surface area contributed by atoms with Gasteiger partial charge in [-0.3, -0.25) is 4.79 Å². The first kappa shape index (κ1) is 43.8. The molecule has 66 heavy (non-hydrogen) atoms. The highest BCUT2D eigenvalue weighted by Gasteiger charge is 2.45. The summed E-state index contributed by atoms with van der Waals surface area (Å²) in [5.41, 5.74) is 11.7. The van der Waals surface area contributed by atoms with Crippen LogP contribution in [0.15, 0.2) is 144 Å². The second kappa shape index (κ2) is 17.9. The summed E-state index contributed by atoms with van der Waals surface area (Å²) in [6.45, 7) is 6.93. The molecule has 1 amide bonds. The van der Waals surface area contributed by atoms with Crippen LogP contribution in [0.5, 0.6) is 17.2 Å². The van der Waals surface area contributed by atoms with E-state index in [4.69, 9.17) is 14.2 Å². The molecule has 0 atom stereocenters. The van der Waals surface area contributed by atoms with Crippen molar-refractivity contribution in [2.45, 2.75) is 89.1 Å². The first-order valence-electron chi connectivity index (χ1n) is 23.7. The monoisotopic (exact) mass is 935 g/mol. The highest BCUT2D eigenvalue weighted by atomic mass is 79.9. The van der Waals surface area contributed by atoms with E-state index in [1.807, 2.05) is 48.5 Å². The number of nitrogens with one attached hydrogen (secondary N) is 1. The molecule has 0 unspecified atom stereocenters. The molecule has 0 radical (unpaired) electrons. The quantitative estimate of drug-likeness (QED) is 0.124. The van der Waals surface area contributed by atoms with Crippen molar-refractivity contribution < 1.29 is 19.0 Å². The zero-order valence-electron chi connectivity index (χ0n) is 38.7. The predicted octanol–water partition coefficient (Wildman–Crippen LogP) is 16.0. The Balaban J connectivity index is 0.944. The molecule has 0 bridgehead atoms. The molecular weight excluding hydrogens is 879 g/mol. The van der Waals surface area contributed by atoms with E-state index in [0.717, 1.165) is 71.9 Å². The molecule has 1 saturated carbocycles. The molecule has 0 aromatic heterocycles. The van der Waals surface area contributed by atoms with Gasteiger partial charge in [-0.1, -0.05) is 141 Å². The largest absolute Gasteiger partial charge is 0.497 e. The molecule has 0 saturated heterocycles. The van der Waals surface area contributed by atoms with Crippen LogP contribution in [0.4, 0.5) is 5.69 Å². The van der Waals surface area contributed by atoms with Crippen LogP contribution in [-0.4, -0.2) is 20.1 Å². The summed E-state index contributed by atoms with van der Waals surface area (Å²) >= 11 is 4.08. The molecule has 2 aliphatic carbocycles. The summed E-state index contributed by atoms with van der Waals surface area (Å²) in [7, 11) is 3.37. The molecule has 3 aliphatic rings. The van der Waals surface area contributed by atoms with Crippen LogP contribution in [-0.2, 0) is 11.0 Å². The lowest BCUT2D eigenvalue weighted by Crippen LogP contribution is -2.35. The third kappa shape index (κ3) is 7.81. The van der Waals surface area contributed by atoms with Gasteiger partial charge in [-0.15, -0.1) is 0 Å². The van der Waals surface area contributed by atoms with E-state index in [2.05, 4.69) is 139 Å². The molecule has 1 fully saturated rings. The molecule has 10 rings (SSSR count). The second-order valence-corrected chi connectivity index (χ2v) is 19.9. The molecule has 1 heterocycles. The number of anilines is 1. The van der Waals surface area contributed by atoms with Gasteiger partial charge in [-0.25, -0.2) is 0 Å². The average molecular weight is 937 g/mol. The molecular formula is C60H58BrNO4. The Morgan fingerprint density at radius 3 is 1.98 bits per heavy atom. The fraction of sp³-hybridized carbons (Fsp3) is 0.283. The Hall–Kier alpha value is -6.11. The van der Waals surface area contributed by atoms with E-state index < -0.39 is 5.60 Å². The highest BCUT2D eigenvalue weighted by Crippen LogP contribution is 2.60. The van der Waals surface area contributed by atoms with Gasteiger partial charge in [-0.2, -0.15) is 0 Å². The number of fused-ring (bicyclic) bond motifs is 8. The predicted molar refractivity (Wildman–Crippen MR) is 274 cm³/mol. The summed E-state index contributed by atoms with van der Waals surface area (Å²) < 4.78 is 19.7. The molecule has 5 nitrogen and oxygen atoms in total. The first-order valence-corrected chi connectivity index (χ1v) is 24.5. The minimum Gasteiger partial charge on any atom is -0.497 e. The molecule has 1 aliphatic heterocycles. The number of unbranched alkanes of at least 4 members (excludes halogenated alkanes) is 2. The Bertz CT molecular complexity index is 2890. The van der Waals surface area contributed by atoms with Crippen molar-refractivity contribution in [2.24, 2.45) is 5.92 Å². The number of amides is 1. The van der Waals surface area contributed by atoms with E-state index in [-0.39, 0.29) is 11.3 Å². The van der Waals surface area contributed by atoms with Crippen molar-refractivity contribution in [2.75, 3.05) is 19.5 Å². The minimum atomic E-state index is -0.908. The number of rotatable bonds is 12. The SMILES string of the molecule is CCCCCC1CCC(c2ccc(C(=O)Nc3ccc(-c4cc(Br)c5c(c4)-c4c(c6c(c7ccccc47)OC(c4ccc(OC)cc4)(c4ccc(OC)cc4)C=C6)C5(C)C)cc3)cc2)CC1. The Morgan fingerprint density at radius 2 is 1.36 bits per heavy atom. The van der Waals surface area contributed by atoms with Gasteiger partial charge in [0.1, 0.15) is 17.2 Å². The number of halogens is 1. The molecule has 7 aromatic carbocycles. The Kier molecular flexibility index (Phi) is 11.9. The normalized spacial score (nSPS) is 17.6. The van der Waals surface area contributed by atoms with Crippen LogP contribution in [0.25, 0.3) is 39.1 Å². The van der Waals surface area contributed by atoms with Crippen molar-refractivity contribution in [1.82, 2.24) is 0 Å². The molecule has 334 valence electrons. The highest BCUT2D eigenvalue weighted by molar-refractivity contribution is 9.10. The average Bonchev–Trinajstić information content (AvgIpc) is 3.61. The van der Waals surface area contributed by atoms with E-state index in [1.54, 1.807) is 14.2 Å². The van der Waals surface area contributed by atoms with Crippen LogP contribution in [0.2, 0.25) is 0 Å². The maximum atomic E-state index is 13.5. The maximum absolute atomic E-state index is 13.5. The summed E-state index contributed by atoms with van der Waals surface area (Å²) in [4.78, 5) is 13.5. The van der Waals surface area contributed by atoms with E-state index >= 15 is 0 Å². The van der Waals surface area contributed by atoms with E-state index in [1.165, 1.54) is 79.2 Å². The van der Waals surface area contributed by atoms with Gasteiger partial charge >= 0.3 is 0 Å². The van der Waals surface area contributed by atoms with Gasteiger partial charge in [0.15, 0.2) is 5.60 Å². The number of ether oxygens (including phenoxy) is 3. The van der Waals surface area contributed by atoms with Crippen LogP contribution in [0.3, 0.4) is 0 Å². The minimum absolute atomic E-state index is 0.0912. The molecule has 6 heteroatoms. The molecule has 1 N–H and O–H groups in total. The summed E-state index contributed by atoms with van der Waals surface area (Å²) in [5, 5.41) is 5.35. The van der Waals surface area contributed by atoms with Crippen molar-refractivity contribution in [1.29, 1.82) is 0 Å². The number of carbonyl (C=O) groups is 1. The lowest BCUT2D eigenvalue weighted by Gasteiger charge is -2.38. The van der Waals surface area contributed by atoms with Gasteiger partial charge in [-0.05, 0) is 149 Å². The topological polar surface area (TPSA) is 56.8 Å². The van der Waals surface area contributed by atoms with E-state index in [0.29, 0.717) is 11.5 Å². The Morgan fingerprint density at radius 1 is 0.727 bits per heavy atom. The third-order valence-electron chi connectivity index (χ3n) is 14.8. The smallest absolute Gasteiger partial charge is 0.255 e. The second-order valence-electron chi connectivity index (χ2n) is 19.0. The van der Waals surface area contributed by atoms with Crippen LogP contribution < -0.4 is 19.5 Å². The van der Waals surface area contributed by atoms with Crippen LogP contribution in [0.1, 0.15) is 122 Å². The van der Waals surface area contributed by atoms with Crippen molar-refractivity contribution in [3.8, 4) is 39.5 Å². The van der Waals surface area contributed by atoms with Crippen molar-refractivity contribution in [3.63, 3.8) is 0 Å². The van der Waals surface area contributed by atoms with Gasteiger partial charge in [0, 0.05) is 43.2 Å². The summed E-state index contributed by atoms with van der Waals surface area (Å²) in [6.07, 6.45) is 15.0. The fourth-order valence-electron chi connectivity index (χ4n) is 11.2. The summed E-state index contributed by atoms with van der Waals surface area (Å²) in [6, 6.07) is 46.1. The standard InChI is InChI=1S/C60H58BrNO4/c1-6-7-8-11-38-14-16-39(17-15-38)40-18-20-42(21-19-40)58(63)62-46-28-22-41(23-29-46)43-36-52-54-49-12-9-10-13-50(49)57-51(56(54)59(2,3)55(52)53(61)37-43)34-35-60(66-57,44-24-30-47(64-4)31-25-44)45-26-32-48(65-5)33-27-45/h9-10,12-13,18-39H,6-8,11,14-17H2,1-5H3,(H,62,63). The Labute approximate surface area is 398 Å². The van der Waals surface area contributed by atoms with Crippen LogP contribution in [0, 0.1) is 5.92 Å². The molecule has 0 spiro atoms. The van der Waals surface area contributed by atoms with Gasteiger partial charge < -0.3 is 19.5 Å². The van der Waals surface area contributed by atoms with Crippen LogP contribution >= 0.6 is 15.9 Å². The van der Waals surface area contributed by atoms with E-state index in [9.17, 15) is 4.79 Å². The van der Waals surface area contributed by atoms with Gasteiger partial charge in [0.2, 0.25) is 0 Å². The number of benzene rings is 7. The first-order chi connectivity index (χ1) is 32.1. The lowest BCUT2D eigenvalue weighted by molar-refractivity contribution is 0.102. The van der Waals surface area contributed by atoms with Crippen molar-refractivity contribution >= 4 is 44.4 Å². The molecule has 7 aromatic rings. The number of hydrogen-bond donors (Lipinski definition) is 1. The van der Waals surface area contributed by atoms with Gasteiger partial charge in [0.25, 0.3) is 5.91 Å². The lowest BCUT2D eigenvalue weighted by atomic mass is 9.76. The zero-order valence-corrected chi connectivity index (χ0v) is 40.3. The fourth-order valence-corrected chi connectivity index (χ4v) is 12.2. The number of methoxy groups -OCH3 is 2. The van der Waals surface area contributed by atoms with Gasteiger partial charge in [0.05, 0.1) is 14.2 Å². The number of hydrogen-bond acceptors (Lipinski definition) is 4. The third-order valence-corrected chi connectivity index (χ3v) is 15.4. The zero-order chi connectivity index (χ0) is 45.6. The number of carbonyl (C=O) groups excluding carboxylic acids is 1. The maximum Gasteiger partial charge on any atom is 0.255 e. The van der Waals surface area contributed by atoms with Crippen molar-refractivity contribution in [3.05, 3.63) is 183 Å².